The lowest BCUT2D eigenvalue weighted by molar-refractivity contribution is 0.0699. The summed E-state index contributed by atoms with van der Waals surface area (Å²) in [5.41, 5.74) is 2.87. The van der Waals surface area contributed by atoms with Gasteiger partial charge >= 0.3 is 5.97 Å². The second-order valence-electron chi connectivity index (χ2n) is 6.45. The third-order valence-corrected chi connectivity index (χ3v) is 4.44. The highest BCUT2D eigenvalue weighted by molar-refractivity contribution is 6.04. The smallest absolute Gasteiger partial charge is 0.337 e. The first-order valence-corrected chi connectivity index (χ1v) is 9.07. The lowest BCUT2D eigenvalue weighted by atomic mass is 10.1. The van der Waals surface area contributed by atoms with E-state index in [4.69, 9.17) is 5.26 Å². The van der Waals surface area contributed by atoms with Crippen LogP contribution >= 0.6 is 0 Å². The molecule has 146 valence electrons. The maximum Gasteiger partial charge on any atom is 0.337 e. The molecule has 0 amide bonds. The average molecular weight is 396 g/mol. The lowest BCUT2D eigenvalue weighted by Crippen LogP contribution is -2.05. The van der Waals surface area contributed by atoms with E-state index in [0.29, 0.717) is 34.6 Å². The fraction of sp³-hybridized carbons (Fsp3) is 0.0455. The Labute approximate surface area is 171 Å². The number of benzene rings is 2. The number of carboxylic acids is 1. The number of rotatable bonds is 6. The van der Waals surface area contributed by atoms with Crippen molar-refractivity contribution in [3.63, 3.8) is 0 Å². The first-order chi connectivity index (χ1) is 14.6. The topological polar surface area (TPSA) is 124 Å². The molecule has 0 spiro atoms. The standard InChI is InChI=1S/C22H16N6O2/c23-11-14-7-8-24-19(10-14)28-16-4-1-3-15(9-16)12-25-21-17-5-2-6-18(22(29)30)20(17)26-13-27-21/h1-10,13H,12H2,(H,24,28)(H,29,30)(H,25,26,27). The molecule has 0 saturated heterocycles. The molecule has 0 bridgehead atoms. The van der Waals surface area contributed by atoms with Crippen LogP contribution < -0.4 is 10.6 Å². The van der Waals surface area contributed by atoms with Crippen LogP contribution in [0, 0.1) is 11.3 Å². The zero-order valence-electron chi connectivity index (χ0n) is 15.7. The minimum Gasteiger partial charge on any atom is -0.478 e. The molecule has 2 heterocycles. The summed E-state index contributed by atoms with van der Waals surface area (Å²) >= 11 is 0. The van der Waals surface area contributed by atoms with Crippen molar-refractivity contribution in [1.29, 1.82) is 5.26 Å². The van der Waals surface area contributed by atoms with Gasteiger partial charge in [-0.15, -0.1) is 0 Å². The van der Waals surface area contributed by atoms with Gasteiger partial charge in [0.05, 0.1) is 22.7 Å². The van der Waals surface area contributed by atoms with Crippen molar-refractivity contribution in [1.82, 2.24) is 15.0 Å². The third-order valence-electron chi connectivity index (χ3n) is 4.44. The molecular weight excluding hydrogens is 380 g/mol. The number of carbonyl (C=O) groups is 1. The Kier molecular flexibility index (Phi) is 5.17. The maximum absolute atomic E-state index is 11.4. The number of nitrogens with one attached hydrogen (secondary N) is 2. The van der Waals surface area contributed by atoms with Crippen LogP contribution in [0.25, 0.3) is 10.9 Å². The molecule has 4 rings (SSSR count). The van der Waals surface area contributed by atoms with Gasteiger partial charge in [-0.2, -0.15) is 5.26 Å². The molecule has 2 aromatic carbocycles. The van der Waals surface area contributed by atoms with Gasteiger partial charge in [-0.05, 0) is 42.0 Å². The van der Waals surface area contributed by atoms with Gasteiger partial charge in [0.1, 0.15) is 18.0 Å². The Balaban J connectivity index is 1.53. The van der Waals surface area contributed by atoms with Crippen molar-refractivity contribution in [3.8, 4) is 6.07 Å². The molecule has 30 heavy (non-hydrogen) atoms. The number of aromatic nitrogens is 3. The number of pyridine rings is 1. The Bertz CT molecular complexity index is 1280. The highest BCUT2D eigenvalue weighted by Crippen LogP contribution is 2.23. The van der Waals surface area contributed by atoms with Gasteiger partial charge in [0, 0.05) is 23.8 Å². The molecule has 0 aliphatic carbocycles. The van der Waals surface area contributed by atoms with Gasteiger partial charge in [-0.1, -0.05) is 18.2 Å². The zero-order valence-corrected chi connectivity index (χ0v) is 15.7. The van der Waals surface area contributed by atoms with Crippen LogP contribution in [0.2, 0.25) is 0 Å². The lowest BCUT2D eigenvalue weighted by Gasteiger charge is -2.11. The van der Waals surface area contributed by atoms with Crippen molar-refractivity contribution in [2.75, 3.05) is 10.6 Å². The van der Waals surface area contributed by atoms with Gasteiger partial charge in [0.25, 0.3) is 0 Å². The first kappa shape index (κ1) is 18.8. The van der Waals surface area contributed by atoms with Gasteiger partial charge in [-0.3, -0.25) is 0 Å². The Morgan fingerprint density at radius 1 is 1.07 bits per heavy atom. The summed E-state index contributed by atoms with van der Waals surface area (Å²) < 4.78 is 0. The van der Waals surface area contributed by atoms with Crippen LogP contribution in [0.3, 0.4) is 0 Å². The number of carboxylic acid groups (broad SMARTS) is 1. The first-order valence-electron chi connectivity index (χ1n) is 9.07. The van der Waals surface area contributed by atoms with E-state index in [1.54, 1.807) is 30.5 Å². The number of hydrogen-bond donors (Lipinski definition) is 3. The van der Waals surface area contributed by atoms with Crippen LogP contribution in [-0.4, -0.2) is 26.0 Å². The van der Waals surface area contributed by atoms with Gasteiger partial charge in [-0.25, -0.2) is 19.7 Å². The van der Waals surface area contributed by atoms with Crippen molar-refractivity contribution in [2.24, 2.45) is 0 Å². The van der Waals surface area contributed by atoms with Crippen LogP contribution in [0.5, 0.6) is 0 Å². The summed E-state index contributed by atoms with van der Waals surface area (Å²) in [6.45, 7) is 0.477. The number of nitrogens with zero attached hydrogens (tertiary/aromatic N) is 4. The number of nitriles is 1. The molecular formula is C22H16N6O2. The van der Waals surface area contributed by atoms with Gasteiger partial charge in [0.15, 0.2) is 0 Å². The fourth-order valence-corrected chi connectivity index (χ4v) is 3.06. The Morgan fingerprint density at radius 3 is 2.77 bits per heavy atom. The predicted molar refractivity (Wildman–Crippen MR) is 113 cm³/mol. The van der Waals surface area contributed by atoms with Crippen molar-refractivity contribution in [3.05, 3.63) is 83.8 Å². The fourth-order valence-electron chi connectivity index (χ4n) is 3.06. The van der Waals surface area contributed by atoms with Crippen LogP contribution in [0.1, 0.15) is 21.5 Å². The molecule has 0 radical (unpaired) electrons. The number of anilines is 3. The maximum atomic E-state index is 11.4. The van der Waals surface area contributed by atoms with E-state index in [1.807, 2.05) is 24.3 Å². The Morgan fingerprint density at radius 2 is 1.93 bits per heavy atom. The summed E-state index contributed by atoms with van der Waals surface area (Å²) in [4.78, 5) is 24.0. The Hall–Kier alpha value is -4.51. The van der Waals surface area contributed by atoms with E-state index in [-0.39, 0.29) is 5.56 Å². The largest absolute Gasteiger partial charge is 0.478 e. The quantitative estimate of drug-likeness (QED) is 0.447. The second-order valence-corrected chi connectivity index (χ2v) is 6.45. The van der Waals surface area contributed by atoms with E-state index in [1.165, 1.54) is 12.4 Å². The summed E-state index contributed by atoms with van der Waals surface area (Å²) in [5, 5.41) is 25.4. The summed E-state index contributed by atoms with van der Waals surface area (Å²) in [6, 6.07) is 18.1. The minimum atomic E-state index is -1.03. The van der Waals surface area contributed by atoms with E-state index in [2.05, 4.69) is 31.7 Å². The normalized spacial score (nSPS) is 10.4. The van der Waals surface area contributed by atoms with Crippen LogP contribution in [0.15, 0.2) is 67.1 Å². The van der Waals surface area contributed by atoms with Crippen LogP contribution in [-0.2, 0) is 6.54 Å². The molecule has 8 nitrogen and oxygen atoms in total. The molecule has 0 unspecified atom stereocenters. The summed E-state index contributed by atoms with van der Waals surface area (Å²) in [5.74, 6) is 0.116. The summed E-state index contributed by atoms with van der Waals surface area (Å²) in [6.07, 6.45) is 2.93. The van der Waals surface area contributed by atoms with E-state index in [0.717, 1.165) is 11.3 Å². The van der Waals surface area contributed by atoms with Crippen LogP contribution in [0.4, 0.5) is 17.3 Å². The summed E-state index contributed by atoms with van der Waals surface area (Å²) in [7, 11) is 0. The third kappa shape index (κ3) is 4.00. The zero-order chi connectivity index (χ0) is 20.9. The van der Waals surface area contributed by atoms with Crippen molar-refractivity contribution < 1.29 is 9.90 Å². The van der Waals surface area contributed by atoms with Crippen molar-refractivity contribution >= 4 is 34.2 Å². The van der Waals surface area contributed by atoms with E-state index >= 15 is 0 Å². The molecule has 8 heteroatoms. The second kappa shape index (κ2) is 8.24. The molecule has 2 aromatic heterocycles. The van der Waals surface area contributed by atoms with E-state index < -0.39 is 5.97 Å². The SMILES string of the molecule is N#Cc1ccnc(Nc2cccc(CNc3ncnc4c(C(=O)O)cccc34)c2)c1. The molecule has 0 saturated carbocycles. The molecule has 0 aliphatic rings. The predicted octanol–water partition coefficient (Wildman–Crippen LogP) is 3.95. The number of aromatic carboxylic acids is 1. The monoisotopic (exact) mass is 396 g/mol. The molecule has 0 aliphatic heterocycles. The molecule has 4 aromatic rings. The highest BCUT2D eigenvalue weighted by Gasteiger charge is 2.12. The molecule has 3 N–H and O–H groups in total. The highest BCUT2D eigenvalue weighted by atomic mass is 16.4. The number of hydrogen-bond acceptors (Lipinski definition) is 7. The average Bonchev–Trinajstić information content (AvgIpc) is 2.77. The number of fused-ring (bicyclic) bond motifs is 1. The van der Waals surface area contributed by atoms with Crippen molar-refractivity contribution in [2.45, 2.75) is 6.54 Å². The van der Waals surface area contributed by atoms with E-state index in [9.17, 15) is 9.90 Å². The van der Waals surface area contributed by atoms with Gasteiger partial charge in [0.2, 0.25) is 0 Å². The molecule has 0 atom stereocenters. The molecule has 0 fully saturated rings. The minimum absolute atomic E-state index is 0.135. The number of para-hydroxylation sites is 1. The van der Waals surface area contributed by atoms with Gasteiger partial charge < -0.3 is 15.7 Å².